The van der Waals surface area contributed by atoms with Gasteiger partial charge < -0.3 is 24.9 Å². The highest BCUT2D eigenvalue weighted by atomic mass is 16.5. The lowest BCUT2D eigenvalue weighted by atomic mass is 10.1. The Bertz CT molecular complexity index is 844. The second-order valence-corrected chi connectivity index (χ2v) is 6.57. The maximum absolute atomic E-state index is 10.2. The van der Waals surface area contributed by atoms with Crippen molar-refractivity contribution in [1.29, 1.82) is 0 Å². The summed E-state index contributed by atoms with van der Waals surface area (Å²) in [5, 5.41) is 16.9. The van der Waals surface area contributed by atoms with Crippen molar-refractivity contribution in [2.24, 2.45) is 0 Å². The average Bonchev–Trinajstić information content (AvgIpc) is 3.11. The molecular weight excluding hydrogens is 330 g/mol. The van der Waals surface area contributed by atoms with Crippen LogP contribution in [0.15, 0.2) is 52.9 Å². The molecule has 4 rings (SSSR count). The van der Waals surface area contributed by atoms with Crippen molar-refractivity contribution in [1.82, 2.24) is 15.6 Å². The lowest BCUT2D eigenvalue weighted by Crippen LogP contribution is -2.49. The predicted octanol–water partition coefficient (Wildman–Crippen LogP) is 2.19. The zero-order valence-electron chi connectivity index (χ0n) is 14.5. The van der Waals surface area contributed by atoms with Gasteiger partial charge in [-0.2, -0.15) is 0 Å². The van der Waals surface area contributed by atoms with Gasteiger partial charge >= 0.3 is 0 Å². The maximum atomic E-state index is 10.2. The van der Waals surface area contributed by atoms with Gasteiger partial charge in [0.25, 0.3) is 0 Å². The lowest BCUT2D eigenvalue weighted by molar-refractivity contribution is 0.0883. The number of nitrogens with zero attached hydrogens (tertiary/aromatic N) is 1. The van der Waals surface area contributed by atoms with Gasteiger partial charge in [0.05, 0.1) is 6.10 Å². The van der Waals surface area contributed by atoms with Crippen LogP contribution in [0.4, 0.5) is 0 Å². The van der Waals surface area contributed by atoms with Crippen molar-refractivity contribution in [3.63, 3.8) is 0 Å². The fraction of sp³-hybridized carbons (Fsp3) is 0.350. The molecule has 1 aromatic heterocycles. The molecule has 2 heterocycles. The standard InChI is InChI=1S/C20H23N3O3/c24-16(10-15-12-21-8-9-22-15)13-25-17-6-7-19-18(11-17)23-20(26-19)14-4-2-1-3-5-14/h1-7,11,15-16,21-22,24H,8-10,12-13H2/t15?,16-/m1/s1. The van der Waals surface area contributed by atoms with Crippen LogP contribution < -0.4 is 15.4 Å². The molecule has 1 unspecified atom stereocenters. The Morgan fingerprint density at radius 1 is 1.19 bits per heavy atom. The van der Waals surface area contributed by atoms with Crippen molar-refractivity contribution in [2.75, 3.05) is 26.2 Å². The monoisotopic (exact) mass is 353 g/mol. The molecule has 1 fully saturated rings. The SMILES string of the molecule is O[C@@H](COc1ccc2oc(-c3ccccc3)nc2c1)CC1CNCCN1. The second kappa shape index (κ2) is 7.86. The quantitative estimate of drug-likeness (QED) is 0.630. The number of aliphatic hydroxyl groups excluding tert-OH is 1. The fourth-order valence-electron chi connectivity index (χ4n) is 3.17. The molecule has 136 valence electrons. The number of hydrogen-bond acceptors (Lipinski definition) is 6. The summed E-state index contributed by atoms with van der Waals surface area (Å²) in [6.45, 7) is 3.05. The van der Waals surface area contributed by atoms with E-state index in [1.54, 1.807) is 0 Å². The van der Waals surface area contributed by atoms with Gasteiger partial charge in [-0.1, -0.05) is 18.2 Å². The van der Waals surface area contributed by atoms with Crippen LogP contribution in [0.25, 0.3) is 22.6 Å². The van der Waals surface area contributed by atoms with Gasteiger partial charge in [-0.15, -0.1) is 0 Å². The Kier molecular flexibility index (Phi) is 5.15. The van der Waals surface area contributed by atoms with Crippen LogP contribution in [0.2, 0.25) is 0 Å². The molecule has 3 N–H and O–H groups in total. The minimum absolute atomic E-state index is 0.257. The third-order valence-electron chi connectivity index (χ3n) is 4.50. The number of nitrogens with one attached hydrogen (secondary N) is 2. The number of piperazine rings is 1. The van der Waals surface area contributed by atoms with Crippen LogP contribution in [0.5, 0.6) is 5.75 Å². The first-order valence-electron chi connectivity index (χ1n) is 8.99. The van der Waals surface area contributed by atoms with E-state index in [9.17, 15) is 5.11 Å². The molecular formula is C20H23N3O3. The van der Waals surface area contributed by atoms with Crippen LogP contribution >= 0.6 is 0 Å². The zero-order chi connectivity index (χ0) is 17.8. The van der Waals surface area contributed by atoms with Crippen molar-refractivity contribution in [3.05, 3.63) is 48.5 Å². The molecule has 26 heavy (non-hydrogen) atoms. The summed E-state index contributed by atoms with van der Waals surface area (Å²) in [4.78, 5) is 4.54. The van der Waals surface area contributed by atoms with E-state index in [-0.39, 0.29) is 12.6 Å². The Balaban J connectivity index is 1.39. The molecule has 0 spiro atoms. The third-order valence-corrected chi connectivity index (χ3v) is 4.50. The first kappa shape index (κ1) is 17.0. The summed E-state index contributed by atoms with van der Waals surface area (Å²) in [6.07, 6.45) is 0.150. The van der Waals surface area contributed by atoms with Crippen LogP contribution in [-0.4, -0.2) is 48.5 Å². The number of hydrogen-bond donors (Lipinski definition) is 3. The van der Waals surface area contributed by atoms with Crippen molar-refractivity contribution < 1.29 is 14.3 Å². The number of rotatable bonds is 6. The Labute approximate surface area is 152 Å². The van der Waals surface area contributed by atoms with Gasteiger partial charge in [0.1, 0.15) is 17.9 Å². The van der Waals surface area contributed by atoms with Gasteiger partial charge in [0.2, 0.25) is 5.89 Å². The van der Waals surface area contributed by atoms with E-state index in [0.717, 1.165) is 30.7 Å². The molecule has 2 aromatic carbocycles. The van der Waals surface area contributed by atoms with Gasteiger partial charge in [-0.05, 0) is 30.7 Å². The molecule has 6 nitrogen and oxygen atoms in total. The number of aromatic nitrogens is 1. The lowest BCUT2D eigenvalue weighted by Gasteiger charge is -2.26. The van der Waals surface area contributed by atoms with Gasteiger partial charge in [-0.25, -0.2) is 4.98 Å². The first-order valence-corrected chi connectivity index (χ1v) is 8.99. The third kappa shape index (κ3) is 4.04. The number of aliphatic hydroxyl groups is 1. The Hall–Kier alpha value is -2.41. The van der Waals surface area contributed by atoms with E-state index >= 15 is 0 Å². The van der Waals surface area contributed by atoms with Crippen LogP contribution in [0.3, 0.4) is 0 Å². The highest BCUT2D eigenvalue weighted by Crippen LogP contribution is 2.26. The summed E-state index contributed by atoms with van der Waals surface area (Å²) in [6, 6.07) is 15.6. The molecule has 3 aromatic rings. The van der Waals surface area contributed by atoms with Crippen LogP contribution in [-0.2, 0) is 0 Å². The highest BCUT2D eigenvalue weighted by Gasteiger charge is 2.17. The molecule has 2 atom stereocenters. The summed E-state index contributed by atoms with van der Waals surface area (Å²) in [5.41, 5.74) is 2.40. The molecule has 6 heteroatoms. The van der Waals surface area contributed by atoms with E-state index in [0.29, 0.717) is 23.6 Å². The smallest absolute Gasteiger partial charge is 0.227 e. The van der Waals surface area contributed by atoms with E-state index in [2.05, 4.69) is 15.6 Å². The van der Waals surface area contributed by atoms with Crippen molar-refractivity contribution >= 4 is 11.1 Å². The van der Waals surface area contributed by atoms with Gasteiger partial charge in [-0.3, -0.25) is 0 Å². The molecule has 1 aliphatic heterocycles. The maximum Gasteiger partial charge on any atom is 0.227 e. The average molecular weight is 353 g/mol. The molecule has 0 bridgehead atoms. The van der Waals surface area contributed by atoms with Crippen LogP contribution in [0.1, 0.15) is 6.42 Å². The van der Waals surface area contributed by atoms with E-state index < -0.39 is 6.10 Å². The van der Waals surface area contributed by atoms with E-state index in [1.165, 1.54) is 0 Å². The minimum Gasteiger partial charge on any atom is -0.491 e. The minimum atomic E-state index is -0.514. The predicted molar refractivity (Wildman–Crippen MR) is 100 cm³/mol. The van der Waals surface area contributed by atoms with E-state index in [4.69, 9.17) is 9.15 Å². The zero-order valence-corrected chi connectivity index (χ0v) is 14.5. The number of fused-ring (bicyclic) bond motifs is 1. The Morgan fingerprint density at radius 3 is 2.88 bits per heavy atom. The van der Waals surface area contributed by atoms with Gasteiger partial charge in [0, 0.05) is 37.3 Å². The fourth-order valence-corrected chi connectivity index (χ4v) is 3.17. The number of oxazole rings is 1. The first-order chi connectivity index (χ1) is 12.8. The summed E-state index contributed by atoms with van der Waals surface area (Å²) in [5.74, 6) is 1.27. The molecule has 1 saturated heterocycles. The molecule has 0 radical (unpaired) electrons. The summed E-state index contributed by atoms with van der Waals surface area (Å²) in [7, 11) is 0. The highest BCUT2D eigenvalue weighted by molar-refractivity contribution is 5.77. The van der Waals surface area contributed by atoms with Crippen molar-refractivity contribution in [3.8, 4) is 17.2 Å². The number of benzene rings is 2. The molecule has 1 aliphatic rings. The molecule has 0 saturated carbocycles. The van der Waals surface area contributed by atoms with Crippen molar-refractivity contribution in [2.45, 2.75) is 18.6 Å². The van der Waals surface area contributed by atoms with E-state index in [1.807, 2.05) is 48.5 Å². The largest absolute Gasteiger partial charge is 0.491 e. The summed E-state index contributed by atoms with van der Waals surface area (Å²) < 4.78 is 11.6. The van der Waals surface area contributed by atoms with Crippen LogP contribution in [0, 0.1) is 0 Å². The topological polar surface area (TPSA) is 79.5 Å². The normalized spacial score (nSPS) is 18.7. The van der Waals surface area contributed by atoms with Gasteiger partial charge in [0.15, 0.2) is 5.58 Å². The Morgan fingerprint density at radius 2 is 2.08 bits per heavy atom. The summed E-state index contributed by atoms with van der Waals surface area (Å²) >= 11 is 0. The second-order valence-electron chi connectivity index (χ2n) is 6.57. The molecule has 0 aliphatic carbocycles. The number of ether oxygens (including phenoxy) is 1. The molecule has 0 amide bonds.